The van der Waals surface area contributed by atoms with Crippen molar-refractivity contribution in [3.05, 3.63) is 52.3 Å². The highest BCUT2D eigenvalue weighted by molar-refractivity contribution is 9.10. The standard InChI is InChI=1S/C23H20BrN3O5/c24-15-2-3-16-17(28)11-23(32-19(16)10-15)5-7-27(8-6-23)12-21-25-26-22(31-21)14-1-4-18-20(9-14)30-13-29-18/h1-4,9-10H,5-8,11-13H2. The molecule has 3 aromatic rings. The molecular formula is C23H20BrN3O5. The quantitative estimate of drug-likeness (QED) is 0.531. The molecule has 0 atom stereocenters. The molecule has 0 radical (unpaired) electrons. The van der Waals surface area contributed by atoms with Gasteiger partial charge in [0.1, 0.15) is 11.4 Å². The first kappa shape index (κ1) is 19.8. The number of likely N-dealkylation sites (tertiary alicyclic amines) is 1. The van der Waals surface area contributed by atoms with E-state index in [9.17, 15) is 4.79 Å². The molecule has 32 heavy (non-hydrogen) atoms. The molecule has 1 aromatic heterocycles. The van der Waals surface area contributed by atoms with Gasteiger partial charge in [-0.2, -0.15) is 0 Å². The first-order chi connectivity index (χ1) is 15.6. The number of piperidine rings is 1. The van der Waals surface area contributed by atoms with Crippen molar-refractivity contribution in [3.63, 3.8) is 0 Å². The van der Waals surface area contributed by atoms with E-state index < -0.39 is 5.60 Å². The third-order valence-electron chi connectivity index (χ3n) is 6.27. The molecule has 9 heteroatoms. The van der Waals surface area contributed by atoms with E-state index in [-0.39, 0.29) is 12.6 Å². The number of Topliss-reactive ketones (excluding diaryl/α,β-unsaturated/α-hetero) is 1. The fraction of sp³-hybridized carbons (Fsp3) is 0.348. The maximum atomic E-state index is 12.7. The van der Waals surface area contributed by atoms with Crippen molar-refractivity contribution in [2.24, 2.45) is 0 Å². The third kappa shape index (κ3) is 3.55. The molecule has 2 aromatic carbocycles. The Morgan fingerprint density at radius 3 is 2.72 bits per heavy atom. The number of hydrogen-bond donors (Lipinski definition) is 0. The number of aromatic nitrogens is 2. The van der Waals surface area contributed by atoms with E-state index in [0.717, 1.165) is 36.0 Å². The Morgan fingerprint density at radius 1 is 1.00 bits per heavy atom. The van der Waals surface area contributed by atoms with Crippen LogP contribution in [0.2, 0.25) is 0 Å². The number of carbonyl (C=O) groups excluding carboxylic acids is 1. The lowest BCUT2D eigenvalue weighted by Crippen LogP contribution is -2.50. The van der Waals surface area contributed by atoms with Crippen molar-refractivity contribution in [2.45, 2.75) is 31.4 Å². The second-order valence-corrected chi connectivity index (χ2v) is 9.29. The van der Waals surface area contributed by atoms with Crippen molar-refractivity contribution < 1.29 is 23.4 Å². The van der Waals surface area contributed by atoms with E-state index >= 15 is 0 Å². The monoisotopic (exact) mass is 497 g/mol. The van der Waals surface area contributed by atoms with Gasteiger partial charge < -0.3 is 18.6 Å². The van der Waals surface area contributed by atoms with Crippen molar-refractivity contribution in [2.75, 3.05) is 19.9 Å². The summed E-state index contributed by atoms with van der Waals surface area (Å²) in [4.78, 5) is 14.9. The number of carbonyl (C=O) groups is 1. The normalized spacial score (nSPS) is 19.1. The van der Waals surface area contributed by atoms with Crippen LogP contribution in [0.1, 0.15) is 35.5 Å². The largest absolute Gasteiger partial charge is 0.486 e. The van der Waals surface area contributed by atoms with Crippen LogP contribution in [-0.4, -0.2) is 46.4 Å². The summed E-state index contributed by atoms with van der Waals surface area (Å²) < 4.78 is 23.9. The zero-order chi connectivity index (χ0) is 21.7. The number of benzene rings is 2. The highest BCUT2D eigenvalue weighted by Crippen LogP contribution is 2.41. The van der Waals surface area contributed by atoms with Crippen molar-refractivity contribution in [1.82, 2.24) is 15.1 Å². The minimum absolute atomic E-state index is 0.150. The highest BCUT2D eigenvalue weighted by Gasteiger charge is 2.43. The second-order valence-electron chi connectivity index (χ2n) is 8.37. The van der Waals surface area contributed by atoms with Gasteiger partial charge in [-0.3, -0.25) is 9.69 Å². The summed E-state index contributed by atoms with van der Waals surface area (Å²) in [6, 6.07) is 11.2. The Kier molecular flexibility index (Phi) is 4.69. The van der Waals surface area contributed by atoms with Crippen LogP contribution in [0, 0.1) is 0 Å². The molecule has 3 aliphatic rings. The SMILES string of the molecule is O=C1CC2(CCN(Cc3nnc(-c4ccc5c(c4)OCO5)o3)CC2)Oc2cc(Br)ccc21. The minimum Gasteiger partial charge on any atom is -0.486 e. The van der Waals surface area contributed by atoms with Crippen molar-refractivity contribution >= 4 is 21.7 Å². The van der Waals surface area contributed by atoms with Gasteiger partial charge in [0.2, 0.25) is 18.6 Å². The van der Waals surface area contributed by atoms with E-state index in [1.54, 1.807) is 0 Å². The molecule has 0 N–H and O–H groups in total. The summed E-state index contributed by atoms with van der Waals surface area (Å²) in [6.45, 7) is 2.36. The zero-order valence-electron chi connectivity index (χ0n) is 17.2. The number of hydrogen-bond acceptors (Lipinski definition) is 8. The lowest BCUT2D eigenvalue weighted by Gasteiger charge is -2.43. The Balaban J connectivity index is 1.11. The average Bonchev–Trinajstić information content (AvgIpc) is 3.44. The lowest BCUT2D eigenvalue weighted by atomic mass is 9.82. The van der Waals surface area contributed by atoms with Crippen LogP contribution in [0.5, 0.6) is 17.2 Å². The zero-order valence-corrected chi connectivity index (χ0v) is 18.8. The topological polar surface area (TPSA) is 86.9 Å². The van der Waals surface area contributed by atoms with Gasteiger partial charge in [-0.15, -0.1) is 10.2 Å². The molecule has 6 rings (SSSR count). The molecule has 4 heterocycles. The Hall–Kier alpha value is -2.91. The summed E-state index contributed by atoms with van der Waals surface area (Å²) in [6.07, 6.45) is 1.96. The van der Waals surface area contributed by atoms with E-state index in [4.69, 9.17) is 18.6 Å². The second kappa shape index (κ2) is 7.60. The van der Waals surface area contributed by atoms with Crippen LogP contribution in [0.3, 0.4) is 0 Å². The molecule has 1 spiro atoms. The predicted molar refractivity (Wildman–Crippen MR) is 117 cm³/mol. The molecule has 3 aliphatic heterocycles. The van der Waals surface area contributed by atoms with Gasteiger partial charge >= 0.3 is 0 Å². The predicted octanol–water partition coefficient (Wildman–Crippen LogP) is 4.23. The maximum Gasteiger partial charge on any atom is 0.247 e. The first-order valence-electron chi connectivity index (χ1n) is 10.5. The fourth-order valence-electron chi connectivity index (χ4n) is 4.52. The van der Waals surface area contributed by atoms with Gasteiger partial charge in [0.25, 0.3) is 0 Å². The molecule has 0 unspecified atom stereocenters. The Morgan fingerprint density at radius 2 is 1.84 bits per heavy atom. The van der Waals surface area contributed by atoms with Gasteiger partial charge in [-0.25, -0.2) is 0 Å². The molecular weight excluding hydrogens is 478 g/mol. The van der Waals surface area contributed by atoms with E-state index in [2.05, 4.69) is 31.0 Å². The lowest BCUT2D eigenvalue weighted by molar-refractivity contribution is -0.0123. The molecule has 1 saturated heterocycles. The summed E-state index contributed by atoms with van der Waals surface area (Å²) in [5.41, 5.74) is 1.03. The van der Waals surface area contributed by atoms with Crippen LogP contribution in [-0.2, 0) is 6.54 Å². The summed E-state index contributed by atoms with van der Waals surface area (Å²) >= 11 is 3.47. The third-order valence-corrected chi connectivity index (χ3v) is 6.76. The minimum atomic E-state index is -0.437. The van der Waals surface area contributed by atoms with Crippen LogP contribution in [0.15, 0.2) is 45.3 Å². The Labute approximate surface area is 192 Å². The van der Waals surface area contributed by atoms with Gasteiger partial charge in [-0.05, 0) is 36.4 Å². The van der Waals surface area contributed by atoms with Gasteiger partial charge in [0.05, 0.1) is 18.5 Å². The summed E-state index contributed by atoms with van der Waals surface area (Å²) in [5, 5.41) is 8.41. The van der Waals surface area contributed by atoms with Gasteiger partial charge in [0.15, 0.2) is 17.3 Å². The molecule has 1 fully saturated rings. The molecule has 0 amide bonds. The Bertz CT molecular complexity index is 1200. The highest BCUT2D eigenvalue weighted by atomic mass is 79.9. The van der Waals surface area contributed by atoms with Gasteiger partial charge in [-0.1, -0.05) is 15.9 Å². The van der Waals surface area contributed by atoms with Crippen LogP contribution < -0.4 is 14.2 Å². The number of fused-ring (bicyclic) bond motifs is 2. The molecule has 0 bridgehead atoms. The smallest absolute Gasteiger partial charge is 0.247 e. The average molecular weight is 498 g/mol. The molecule has 0 saturated carbocycles. The van der Waals surface area contributed by atoms with Crippen LogP contribution >= 0.6 is 15.9 Å². The van der Waals surface area contributed by atoms with Crippen LogP contribution in [0.4, 0.5) is 0 Å². The maximum absolute atomic E-state index is 12.7. The van der Waals surface area contributed by atoms with Crippen molar-refractivity contribution in [3.8, 4) is 28.7 Å². The summed E-state index contributed by atoms with van der Waals surface area (Å²) in [7, 11) is 0. The number of halogens is 1. The first-order valence-corrected chi connectivity index (χ1v) is 11.3. The van der Waals surface area contributed by atoms with E-state index in [0.29, 0.717) is 47.6 Å². The molecule has 164 valence electrons. The van der Waals surface area contributed by atoms with E-state index in [1.165, 1.54) is 0 Å². The van der Waals surface area contributed by atoms with Crippen LogP contribution in [0.25, 0.3) is 11.5 Å². The number of rotatable bonds is 3. The number of ether oxygens (including phenoxy) is 3. The fourth-order valence-corrected chi connectivity index (χ4v) is 4.86. The van der Waals surface area contributed by atoms with E-state index in [1.807, 2.05) is 36.4 Å². The summed E-state index contributed by atoms with van der Waals surface area (Å²) in [5.74, 6) is 3.24. The molecule has 0 aliphatic carbocycles. The van der Waals surface area contributed by atoms with Gasteiger partial charge in [0, 0.05) is 36.0 Å². The van der Waals surface area contributed by atoms with Crippen molar-refractivity contribution in [1.29, 1.82) is 0 Å². The number of ketones is 1. The molecule has 8 nitrogen and oxygen atoms in total. The number of nitrogens with zero attached hydrogens (tertiary/aromatic N) is 3.